The van der Waals surface area contributed by atoms with Crippen molar-refractivity contribution in [3.05, 3.63) is 93.6 Å². The van der Waals surface area contributed by atoms with Crippen molar-refractivity contribution in [3.63, 3.8) is 0 Å². The molecule has 0 saturated heterocycles. The predicted molar refractivity (Wildman–Crippen MR) is 176 cm³/mol. The van der Waals surface area contributed by atoms with E-state index in [-0.39, 0.29) is 36.9 Å². The summed E-state index contributed by atoms with van der Waals surface area (Å²) in [6.07, 6.45) is 1.91. The van der Waals surface area contributed by atoms with Crippen molar-refractivity contribution in [1.82, 2.24) is 14.4 Å². The molecule has 0 bridgehead atoms. The zero-order chi connectivity index (χ0) is 31.5. The Balaban J connectivity index is 1.37. The van der Waals surface area contributed by atoms with E-state index in [2.05, 4.69) is 17.1 Å². The zero-order valence-corrected chi connectivity index (χ0v) is 26.9. The third kappa shape index (κ3) is 7.05. The first-order valence-corrected chi connectivity index (χ1v) is 15.5. The maximum Gasteiger partial charge on any atom is 0.258 e. The molecule has 0 spiro atoms. The average molecular weight is 638 g/mol. The number of hydrogen-bond acceptors (Lipinski definition) is 5. The van der Waals surface area contributed by atoms with Crippen LogP contribution in [0.3, 0.4) is 0 Å². The lowest BCUT2D eigenvalue weighted by molar-refractivity contribution is -0.115. The molecule has 2 N–H and O–H groups in total. The largest absolute Gasteiger partial charge is 0.488 e. The molecule has 44 heavy (non-hydrogen) atoms. The van der Waals surface area contributed by atoms with Gasteiger partial charge >= 0.3 is 0 Å². The smallest absolute Gasteiger partial charge is 0.258 e. The molecule has 3 atom stereocenters. The summed E-state index contributed by atoms with van der Waals surface area (Å²) in [7, 11) is 3.97. The van der Waals surface area contributed by atoms with Gasteiger partial charge in [0, 0.05) is 55.4 Å². The lowest BCUT2D eigenvalue weighted by Gasteiger charge is -2.38. The lowest BCUT2D eigenvalue weighted by Crippen LogP contribution is -2.49. The van der Waals surface area contributed by atoms with E-state index in [1.165, 1.54) is 0 Å². The molecule has 5 rings (SSSR count). The molecule has 8 nitrogen and oxygen atoms in total. The van der Waals surface area contributed by atoms with E-state index in [1.807, 2.05) is 68.2 Å². The van der Waals surface area contributed by atoms with Crippen molar-refractivity contribution in [2.75, 3.05) is 32.1 Å². The van der Waals surface area contributed by atoms with Crippen molar-refractivity contribution in [3.8, 4) is 5.75 Å². The minimum atomic E-state index is -0.393. The molecule has 0 unspecified atom stereocenters. The van der Waals surface area contributed by atoms with Crippen LogP contribution >= 0.6 is 23.2 Å². The van der Waals surface area contributed by atoms with Gasteiger partial charge < -0.3 is 24.6 Å². The highest BCUT2D eigenvalue weighted by atomic mass is 35.5. The predicted octanol–water partition coefficient (Wildman–Crippen LogP) is 6.02. The highest BCUT2D eigenvalue weighted by Gasteiger charge is 2.33. The van der Waals surface area contributed by atoms with E-state index in [0.29, 0.717) is 46.7 Å². The van der Waals surface area contributed by atoms with Crippen LogP contribution in [0, 0.1) is 5.92 Å². The summed E-state index contributed by atoms with van der Waals surface area (Å²) in [6, 6.07) is 18.3. The molecule has 2 amide bonds. The number of fused-ring (bicyclic) bond motifs is 2. The number of benzene rings is 3. The summed E-state index contributed by atoms with van der Waals surface area (Å²) in [5.74, 6) is -0.0215. The summed E-state index contributed by atoms with van der Waals surface area (Å²) >= 11 is 12.3. The molecule has 0 saturated carbocycles. The monoisotopic (exact) mass is 636 g/mol. The number of carbonyl (C=O) groups excluding carboxylic acids is 2. The first-order chi connectivity index (χ1) is 21.0. The molecule has 0 fully saturated rings. The van der Waals surface area contributed by atoms with Gasteiger partial charge in [0.2, 0.25) is 5.91 Å². The molecule has 1 aromatic heterocycles. The molecule has 2 heterocycles. The number of hydrogen-bond donors (Lipinski definition) is 2. The number of likely N-dealkylation sites (N-methyl/N-ethyl adjacent to an activating group) is 1. The van der Waals surface area contributed by atoms with Crippen molar-refractivity contribution in [2.45, 2.75) is 39.0 Å². The van der Waals surface area contributed by atoms with Crippen LogP contribution in [-0.2, 0) is 24.8 Å². The van der Waals surface area contributed by atoms with Gasteiger partial charge in [-0.3, -0.25) is 14.5 Å². The molecule has 10 heteroatoms. The molecule has 3 aromatic carbocycles. The second kappa shape index (κ2) is 13.6. The molecule has 4 aromatic rings. The number of anilines is 1. The summed E-state index contributed by atoms with van der Waals surface area (Å²) < 4.78 is 8.53. The average Bonchev–Trinajstić information content (AvgIpc) is 3.31. The SMILES string of the molecule is C[C@@H]1CN([C@H](C)CO)C(=O)c2cc(NC(=O)Cc3cn(C)c4ccccc34)ccc2O[C@H]1CN(C)Cc1ccc(Cl)c(Cl)c1. The first kappa shape index (κ1) is 31.9. The maximum atomic E-state index is 13.8. The van der Waals surface area contributed by atoms with Gasteiger partial charge in [0.15, 0.2) is 0 Å². The minimum absolute atomic E-state index is 0.0302. The Bertz CT molecular complexity index is 1670. The molecule has 0 radical (unpaired) electrons. The number of amides is 2. The molecular weight excluding hydrogens is 599 g/mol. The van der Waals surface area contributed by atoms with Crippen LogP contribution in [0.1, 0.15) is 35.3 Å². The van der Waals surface area contributed by atoms with Crippen LogP contribution < -0.4 is 10.1 Å². The van der Waals surface area contributed by atoms with Gasteiger partial charge in [-0.25, -0.2) is 0 Å². The number of halogens is 2. The van der Waals surface area contributed by atoms with E-state index in [9.17, 15) is 14.7 Å². The van der Waals surface area contributed by atoms with E-state index >= 15 is 0 Å². The minimum Gasteiger partial charge on any atom is -0.488 e. The first-order valence-electron chi connectivity index (χ1n) is 14.7. The molecule has 1 aliphatic rings. The van der Waals surface area contributed by atoms with Gasteiger partial charge in [-0.15, -0.1) is 0 Å². The van der Waals surface area contributed by atoms with Gasteiger partial charge in [0.1, 0.15) is 11.9 Å². The van der Waals surface area contributed by atoms with Crippen molar-refractivity contribution < 1.29 is 19.4 Å². The number of rotatable bonds is 9. The fourth-order valence-corrected chi connectivity index (χ4v) is 6.10. The third-order valence-electron chi connectivity index (χ3n) is 8.21. The second-order valence-electron chi connectivity index (χ2n) is 11.8. The zero-order valence-electron chi connectivity index (χ0n) is 25.4. The van der Waals surface area contributed by atoms with Crippen molar-refractivity contribution >= 4 is 51.6 Å². The summed E-state index contributed by atoms with van der Waals surface area (Å²) in [6.45, 7) is 5.33. The molecule has 1 aliphatic heterocycles. The van der Waals surface area contributed by atoms with E-state index in [4.69, 9.17) is 27.9 Å². The highest BCUT2D eigenvalue weighted by Crippen LogP contribution is 2.31. The van der Waals surface area contributed by atoms with Gasteiger partial charge in [0.25, 0.3) is 5.91 Å². The van der Waals surface area contributed by atoms with Crippen LogP contribution in [0.5, 0.6) is 5.75 Å². The standard InChI is InChI=1S/C34H38Cl2N4O4/c1-21-16-40(22(2)20-41)34(43)27-15-25(37-33(42)14-24-18-39(4)30-8-6-5-7-26(24)30)10-12-31(27)44-32(21)19-38(3)17-23-9-11-28(35)29(36)13-23/h5-13,15,18,21-22,32,41H,14,16-17,19-20H2,1-4H3,(H,37,42)/t21-,22-,32+/m1/s1. The van der Waals surface area contributed by atoms with Crippen molar-refractivity contribution in [2.24, 2.45) is 13.0 Å². The lowest BCUT2D eigenvalue weighted by atomic mass is 9.99. The molecule has 232 valence electrons. The van der Waals surface area contributed by atoms with Crippen LogP contribution in [0.4, 0.5) is 5.69 Å². The van der Waals surface area contributed by atoms with Gasteiger partial charge in [-0.1, -0.05) is 54.4 Å². The molecule has 0 aliphatic carbocycles. The quantitative estimate of drug-likeness (QED) is 0.235. The Morgan fingerprint density at radius 1 is 1.14 bits per heavy atom. The van der Waals surface area contributed by atoms with Crippen LogP contribution in [-0.4, -0.2) is 70.2 Å². The molecular formula is C34H38Cl2N4O4. The third-order valence-corrected chi connectivity index (χ3v) is 8.95. The van der Waals surface area contributed by atoms with E-state index in [0.717, 1.165) is 22.0 Å². The van der Waals surface area contributed by atoms with Crippen LogP contribution in [0.25, 0.3) is 10.9 Å². The topological polar surface area (TPSA) is 87.0 Å². The Labute approximate surface area is 268 Å². The van der Waals surface area contributed by atoms with Gasteiger partial charge in [-0.2, -0.15) is 0 Å². The number of para-hydroxylation sites is 1. The number of nitrogens with one attached hydrogen (secondary N) is 1. The van der Waals surface area contributed by atoms with Crippen molar-refractivity contribution in [1.29, 1.82) is 0 Å². The number of nitrogens with zero attached hydrogens (tertiary/aromatic N) is 3. The fraction of sp³-hybridized carbons (Fsp3) is 0.353. The van der Waals surface area contributed by atoms with E-state index < -0.39 is 6.04 Å². The normalized spacial score (nSPS) is 17.6. The number of aliphatic hydroxyl groups is 1. The summed E-state index contributed by atoms with van der Waals surface area (Å²) in [5.41, 5.74) is 3.86. The number of aryl methyl sites for hydroxylation is 1. The van der Waals surface area contributed by atoms with Crippen LogP contribution in [0.15, 0.2) is 66.9 Å². The number of aliphatic hydroxyl groups excluding tert-OH is 1. The van der Waals surface area contributed by atoms with Gasteiger partial charge in [-0.05, 0) is 61.5 Å². The Kier molecular flexibility index (Phi) is 9.85. The van der Waals surface area contributed by atoms with Crippen LogP contribution in [0.2, 0.25) is 10.0 Å². The number of carbonyl (C=O) groups is 2. The number of ether oxygens (including phenoxy) is 1. The Morgan fingerprint density at radius 3 is 2.66 bits per heavy atom. The second-order valence-corrected chi connectivity index (χ2v) is 12.6. The fourth-order valence-electron chi connectivity index (χ4n) is 5.78. The highest BCUT2D eigenvalue weighted by molar-refractivity contribution is 6.42. The summed E-state index contributed by atoms with van der Waals surface area (Å²) in [4.78, 5) is 30.8. The number of aromatic nitrogens is 1. The Hall–Kier alpha value is -3.56. The Morgan fingerprint density at radius 2 is 1.91 bits per heavy atom. The van der Waals surface area contributed by atoms with E-state index in [1.54, 1.807) is 29.2 Å². The maximum absolute atomic E-state index is 13.8. The van der Waals surface area contributed by atoms with Gasteiger partial charge in [0.05, 0.1) is 34.7 Å². The summed E-state index contributed by atoms with van der Waals surface area (Å²) in [5, 5.41) is 15.0.